The third-order valence-electron chi connectivity index (χ3n) is 14.8. The van der Waals surface area contributed by atoms with Crippen LogP contribution in [0.25, 0.3) is 0 Å². The van der Waals surface area contributed by atoms with Crippen molar-refractivity contribution in [2.75, 3.05) is 38.2 Å². The summed E-state index contributed by atoms with van der Waals surface area (Å²) in [5, 5.41) is -0.220. The number of nitrogens with zero attached hydrogens (tertiary/aromatic N) is 8. The molecule has 9 rings (SSSR count). The normalized spacial score (nSPS) is 28.3. The van der Waals surface area contributed by atoms with Crippen molar-refractivity contribution in [2.45, 2.75) is 183 Å². The van der Waals surface area contributed by atoms with Gasteiger partial charge < -0.3 is 28.6 Å². The minimum Gasteiger partial charge on any atom is -0.474 e. The number of sulfonamides is 3. The number of hydrogen-bond donors (Lipinski definition) is 0. The van der Waals surface area contributed by atoms with Crippen LogP contribution in [-0.4, -0.2) is 167 Å². The Bertz CT molecular complexity index is 2450. The Kier molecular flexibility index (Phi) is 13.7. The number of fused-ring (bicyclic) bond motifs is 4. The van der Waals surface area contributed by atoms with Crippen molar-refractivity contribution in [3.63, 3.8) is 0 Å². The molecule has 0 aromatic carbocycles. The fourth-order valence-electron chi connectivity index (χ4n) is 11.0. The first-order valence-electron chi connectivity index (χ1n) is 24.0. The molecule has 2 aromatic heterocycles. The average Bonchev–Trinajstić information content (AvgIpc) is 4.05. The van der Waals surface area contributed by atoms with Crippen LogP contribution in [0.1, 0.15) is 121 Å². The molecule has 7 fully saturated rings. The first kappa shape index (κ1) is 48.4. The molecule has 372 valence electrons. The molecule has 6 saturated heterocycles. The van der Waals surface area contributed by atoms with Crippen LogP contribution in [-0.2, 0) is 34.8 Å². The quantitative estimate of drug-likeness (QED) is 0.230. The minimum atomic E-state index is -3.67. The standard InChI is InChI=1S/C44H66N8O12S3/c1-28-39(60-34-12-17-49(18-13-34)65(5,54)55)45-26-47-41(28)62-36-22-30-6-7-31(23-36)51(30)43(53)64-44(3,4)16-21-66(56,57)50-19-14-35(15-20-50)61-40-29(2)42(48-27-46-40)63-37-24-32-8-9-33(25-37)52(32)67(58,59)38-10-11-38/h26-27,30-38H,6-25H2,1-5H3/t30?,31?,32-,33+,36?,37-. The molecule has 1 saturated carbocycles. The molecule has 6 aliphatic heterocycles. The molecule has 4 bridgehead atoms. The molecular weight excluding hydrogens is 929 g/mol. The molecule has 7 aliphatic rings. The highest BCUT2D eigenvalue weighted by atomic mass is 32.2. The summed E-state index contributed by atoms with van der Waals surface area (Å²) >= 11 is 0. The van der Waals surface area contributed by atoms with E-state index < -0.39 is 41.8 Å². The lowest BCUT2D eigenvalue weighted by Crippen LogP contribution is -2.51. The van der Waals surface area contributed by atoms with Crippen molar-refractivity contribution in [3.8, 4) is 23.5 Å². The minimum absolute atomic E-state index is 0.0464. The van der Waals surface area contributed by atoms with Gasteiger partial charge in [-0.05, 0) is 91.9 Å². The van der Waals surface area contributed by atoms with Crippen LogP contribution in [0, 0.1) is 13.8 Å². The summed E-state index contributed by atoms with van der Waals surface area (Å²) in [6.45, 7) is 8.52. The van der Waals surface area contributed by atoms with Gasteiger partial charge in [0.2, 0.25) is 53.6 Å². The monoisotopic (exact) mass is 994 g/mol. The number of carbonyl (C=O) groups excluding carboxylic acids is 1. The summed E-state index contributed by atoms with van der Waals surface area (Å²) in [4.78, 5) is 33.0. The second-order valence-electron chi connectivity index (χ2n) is 20.3. The van der Waals surface area contributed by atoms with Gasteiger partial charge in [0.25, 0.3) is 0 Å². The third-order valence-corrected chi connectivity index (χ3v) is 20.5. The summed E-state index contributed by atoms with van der Waals surface area (Å²) in [6, 6.07) is -0.287. The molecule has 67 heavy (non-hydrogen) atoms. The maximum atomic E-state index is 13.7. The Labute approximate surface area is 395 Å². The zero-order valence-corrected chi connectivity index (χ0v) is 41.6. The van der Waals surface area contributed by atoms with Gasteiger partial charge in [-0.25, -0.2) is 58.6 Å². The summed E-state index contributed by atoms with van der Waals surface area (Å²) in [6.07, 6.45) is 12.2. The number of ether oxygens (including phenoxy) is 5. The lowest BCUT2D eigenvalue weighted by atomic mass is 10.00. The molecular formula is C44H66N8O12S3. The predicted octanol–water partition coefficient (Wildman–Crippen LogP) is 4.11. The molecule has 0 N–H and O–H groups in total. The van der Waals surface area contributed by atoms with Gasteiger partial charge in [0.05, 0.1) is 28.4 Å². The third kappa shape index (κ3) is 10.8. The number of amides is 1. The van der Waals surface area contributed by atoms with Crippen LogP contribution in [0.3, 0.4) is 0 Å². The van der Waals surface area contributed by atoms with E-state index in [0.29, 0.717) is 99.1 Å². The molecule has 2 unspecified atom stereocenters. The first-order valence-corrected chi connectivity index (χ1v) is 29.0. The van der Waals surface area contributed by atoms with Crippen molar-refractivity contribution < 1.29 is 53.7 Å². The molecule has 0 radical (unpaired) electrons. The SMILES string of the molecule is Cc1c(OC2CCN(S(C)(=O)=O)CC2)ncnc1OC1CC2CCC(C1)N2C(=O)OC(C)(C)CCS(=O)(=O)N1CCC(Oc2ncnc(O[C@@H]3C[C@H]4CC[C@@H](C3)N4S(=O)(=O)C3CC3)c2C)CC1. The number of carbonyl (C=O) groups is 1. The summed E-state index contributed by atoms with van der Waals surface area (Å²) < 4.78 is 113. The molecule has 5 atom stereocenters. The van der Waals surface area contributed by atoms with Crippen LogP contribution in [0.4, 0.5) is 4.79 Å². The van der Waals surface area contributed by atoms with E-state index >= 15 is 0 Å². The van der Waals surface area contributed by atoms with Gasteiger partial charge in [-0.2, -0.15) is 4.31 Å². The van der Waals surface area contributed by atoms with E-state index in [0.717, 1.165) is 38.5 Å². The van der Waals surface area contributed by atoms with Gasteiger partial charge in [0.15, 0.2) is 0 Å². The van der Waals surface area contributed by atoms with Crippen molar-refractivity contribution in [1.82, 2.24) is 37.8 Å². The fourth-order valence-corrected chi connectivity index (χ4v) is 15.9. The first-order chi connectivity index (χ1) is 31.7. The van der Waals surface area contributed by atoms with Crippen LogP contribution in [0.2, 0.25) is 0 Å². The largest absolute Gasteiger partial charge is 0.474 e. The van der Waals surface area contributed by atoms with Gasteiger partial charge in [0, 0.05) is 82.5 Å². The van der Waals surface area contributed by atoms with E-state index in [9.17, 15) is 30.0 Å². The maximum absolute atomic E-state index is 13.7. The van der Waals surface area contributed by atoms with Crippen LogP contribution >= 0.6 is 0 Å². The zero-order chi connectivity index (χ0) is 47.5. The molecule has 1 amide bonds. The highest BCUT2D eigenvalue weighted by Gasteiger charge is 2.52. The fraction of sp³-hybridized carbons (Fsp3) is 0.795. The van der Waals surface area contributed by atoms with Crippen molar-refractivity contribution >= 4 is 36.2 Å². The van der Waals surface area contributed by atoms with E-state index in [-0.39, 0.29) is 79.1 Å². The number of aromatic nitrogens is 4. The molecule has 20 nitrogen and oxygen atoms in total. The van der Waals surface area contributed by atoms with E-state index in [4.69, 9.17) is 23.7 Å². The Hall–Kier alpha value is -3.64. The molecule has 23 heteroatoms. The van der Waals surface area contributed by atoms with Gasteiger partial charge in [-0.15, -0.1) is 0 Å². The average molecular weight is 995 g/mol. The summed E-state index contributed by atoms with van der Waals surface area (Å²) in [5.74, 6) is 1.45. The van der Waals surface area contributed by atoms with E-state index in [2.05, 4.69) is 19.9 Å². The second kappa shape index (κ2) is 18.9. The second-order valence-corrected chi connectivity index (χ2v) is 26.5. The van der Waals surface area contributed by atoms with E-state index in [1.54, 1.807) is 23.1 Å². The molecule has 8 heterocycles. The Morgan fingerprint density at radius 2 is 1.00 bits per heavy atom. The van der Waals surface area contributed by atoms with Crippen LogP contribution < -0.4 is 18.9 Å². The lowest BCUT2D eigenvalue weighted by molar-refractivity contribution is -0.0164. The van der Waals surface area contributed by atoms with Gasteiger partial charge in [-0.3, -0.25) is 0 Å². The smallest absolute Gasteiger partial charge is 0.410 e. The summed E-state index contributed by atoms with van der Waals surface area (Å²) in [7, 11) is -10.2. The number of piperidine rings is 4. The molecule has 2 aromatic rings. The lowest BCUT2D eigenvalue weighted by Gasteiger charge is -2.40. The Balaban J connectivity index is 0.713. The number of rotatable bonds is 16. The highest BCUT2D eigenvalue weighted by Crippen LogP contribution is 2.44. The van der Waals surface area contributed by atoms with Gasteiger partial charge in [0.1, 0.15) is 42.7 Å². The topological polar surface area (TPSA) is 230 Å². The Morgan fingerprint density at radius 1 is 0.597 bits per heavy atom. The zero-order valence-electron chi connectivity index (χ0n) is 39.2. The van der Waals surface area contributed by atoms with Crippen molar-refractivity contribution in [3.05, 3.63) is 23.8 Å². The van der Waals surface area contributed by atoms with Crippen molar-refractivity contribution in [1.29, 1.82) is 0 Å². The van der Waals surface area contributed by atoms with Crippen LogP contribution in [0.15, 0.2) is 12.7 Å². The predicted molar refractivity (Wildman–Crippen MR) is 244 cm³/mol. The highest BCUT2D eigenvalue weighted by molar-refractivity contribution is 7.90. The van der Waals surface area contributed by atoms with Crippen molar-refractivity contribution in [2.24, 2.45) is 0 Å². The van der Waals surface area contributed by atoms with E-state index in [1.165, 1.54) is 27.5 Å². The molecule has 1 aliphatic carbocycles. The number of hydrogen-bond acceptors (Lipinski definition) is 16. The Morgan fingerprint density at radius 3 is 1.43 bits per heavy atom. The van der Waals surface area contributed by atoms with Gasteiger partial charge >= 0.3 is 6.09 Å². The summed E-state index contributed by atoms with van der Waals surface area (Å²) in [5.41, 5.74) is 0.279. The molecule has 0 spiro atoms. The van der Waals surface area contributed by atoms with Gasteiger partial charge in [-0.1, -0.05) is 0 Å². The maximum Gasteiger partial charge on any atom is 0.410 e. The van der Waals surface area contributed by atoms with Crippen LogP contribution in [0.5, 0.6) is 23.5 Å². The van der Waals surface area contributed by atoms with E-state index in [1.807, 2.05) is 13.8 Å².